The van der Waals surface area contributed by atoms with E-state index in [0.29, 0.717) is 25.6 Å². The van der Waals surface area contributed by atoms with Gasteiger partial charge in [0.05, 0.1) is 55.9 Å². The number of ether oxygens (including phenoxy) is 1. The minimum Gasteiger partial charge on any atom is -0.390 e. The number of aliphatic hydroxyl groups is 1. The normalized spacial score (nSPS) is 15.1. The lowest BCUT2D eigenvalue weighted by Crippen LogP contribution is -2.36. The molecule has 1 aliphatic heterocycles. The van der Waals surface area contributed by atoms with Crippen molar-refractivity contribution in [1.82, 2.24) is 34.4 Å². The first-order valence-corrected chi connectivity index (χ1v) is 11.8. The van der Waals surface area contributed by atoms with E-state index < -0.39 is 6.10 Å². The van der Waals surface area contributed by atoms with Gasteiger partial charge in [-0.25, -0.2) is 9.67 Å². The Morgan fingerprint density at radius 2 is 2.00 bits per heavy atom. The maximum absolute atomic E-state index is 10.1. The van der Waals surface area contributed by atoms with Crippen LogP contribution in [0.1, 0.15) is 5.56 Å². The monoisotopic (exact) mass is 477 g/mol. The first kappa shape index (κ1) is 23.2. The van der Waals surface area contributed by atoms with Crippen LogP contribution < -0.4 is 10.2 Å². The van der Waals surface area contributed by atoms with E-state index in [2.05, 4.69) is 49.7 Å². The fraction of sp³-hybridized carbons (Fsp3) is 0.417. The highest BCUT2D eigenvalue weighted by atomic mass is 16.5. The van der Waals surface area contributed by atoms with Gasteiger partial charge in [0.25, 0.3) is 0 Å². The van der Waals surface area contributed by atoms with Crippen molar-refractivity contribution in [3.05, 3.63) is 54.6 Å². The van der Waals surface area contributed by atoms with Gasteiger partial charge < -0.3 is 25.0 Å². The van der Waals surface area contributed by atoms with E-state index in [0.717, 1.165) is 48.6 Å². The molecule has 0 aliphatic carbocycles. The molecule has 5 rings (SSSR count). The van der Waals surface area contributed by atoms with E-state index in [-0.39, 0.29) is 0 Å². The van der Waals surface area contributed by atoms with Crippen molar-refractivity contribution in [2.75, 3.05) is 57.2 Å². The number of anilines is 3. The van der Waals surface area contributed by atoms with Gasteiger partial charge in [-0.1, -0.05) is 12.1 Å². The van der Waals surface area contributed by atoms with Gasteiger partial charge in [0.15, 0.2) is 5.65 Å². The molecular weight excluding hydrogens is 446 g/mol. The highest BCUT2D eigenvalue weighted by molar-refractivity contribution is 5.75. The molecule has 4 heterocycles. The minimum absolute atomic E-state index is 0.413. The highest BCUT2D eigenvalue weighted by Gasteiger charge is 2.13. The van der Waals surface area contributed by atoms with E-state index in [4.69, 9.17) is 9.72 Å². The molecule has 0 bridgehead atoms. The van der Waals surface area contributed by atoms with Crippen LogP contribution in [0, 0.1) is 0 Å². The van der Waals surface area contributed by atoms with Crippen molar-refractivity contribution in [3.63, 3.8) is 0 Å². The lowest BCUT2D eigenvalue weighted by atomic mass is 10.2. The number of fused-ring (bicyclic) bond motifs is 1. The molecule has 35 heavy (non-hydrogen) atoms. The number of likely N-dealkylation sites (N-methyl/N-ethyl adjacent to an activating group) is 1. The molecule has 0 saturated carbocycles. The second-order valence-corrected chi connectivity index (χ2v) is 9.04. The summed E-state index contributed by atoms with van der Waals surface area (Å²) >= 11 is 0. The van der Waals surface area contributed by atoms with Gasteiger partial charge in [-0.15, -0.1) is 0 Å². The molecule has 0 spiro atoms. The number of hydrogen-bond donors (Lipinski definition) is 2. The van der Waals surface area contributed by atoms with Crippen LogP contribution in [0.15, 0.2) is 49.1 Å². The zero-order chi connectivity index (χ0) is 24.2. The number of rotatable bonds is 9. The molecule has 0 amide bonds. The van der Waals surface area contributed by atoms with Gasteiger partial charge in [0, 0.05) is 37.7 Å². The second kappa shape index (κ2) is 10.4. The molecule has 11 nitrogen and oxygen atoms in total. The van der Waals surface area contributed by atoms with E-state index in [1.54, 1.807) is 23.3 Å². The first-order chi connectivity index (χ1) is 17.0. The van der Waals surface area contributed by atoms with Crippen molar-refractivity contribution in [3.8, 4) is 0 Å². The molecule has 3 aromatic heterocycles. The molecule has 184 valence electrons. The van der Waals surface area contributed by atoms with E-state index in [1.165, 1.54) is 5.69 Å². The molecule has 1 aromatic carbocycles. The summed E-state index contributed by atoms with van der Waals surface area (Å²) in [5.74, 6) is 0.467. The number of benzene rings is 1. The van der Waals surface area contributed by atoms with Gasteiger partial charge >= 0.3 is 0 Å². The SMILES string of the molecule is CN(C)CC(O)Cn1cc(Nc2ncc3cnn(Cc4cccc(N5CCOCC5)c4)c3n2)cn1. The van der Waals surface area contributed by atoms with Gasteiger partial charge in [0.1, 0.15) is 0 Å². The Morgan fingerprint density at radius 3 is 2.83 bits per heavy atom. The van der Waals surface area contributed by atoms with E-state index >= 15 is 0 Å². The Bertz CT molecular complexity index is 1260. The lowest BCUT2D eigenvalue weighted by Gasteiger charge is -2.29. The number of nitrogens with one attached hydrogen (secondary N) is 1. The van der Waals surface area contributed by atoms with Gasteiger partial charge in [-0.2, -0.15) is 15.2 Å². The number of aliphatic hydroxyl groups excluding tert-OH is 1. The summed E-state index contributed by atoms with van der Waals surface area (Å²) in [6.45, 7) is 4.92. The van der Waals surface area contributed by atoms with Crippen LogP contribution in [0.25, 0.3) is 11.0 Å². The third-order valence-electron chi connectivity index (χ3n) is 5.86. The minimum atomic E-state index is -0.499. The summed E-state index contributed by atoms with van der Waals surface area (Å²) in [5, 5.41) is 23.1. The summed E-state index contributed by atoms with van der Waals surface area (Å²) < 4.78 is 9.08. The topological polar surface area (TPSA) is 109 Å². The van der Waals surface area contributed by atoms with Crippen molar-refractivity contribution in [2.45, 2.75) is 19.2 Å². The fourth-order valence-electron chi connectivity index (χ4n) is 4.24. The largest absolute Gasteiger partial charge is 0.390 e. The van der Waals surface area contributed by atoms with Gasteiger partial charge in [-0.3, -0.25) is 4.68 Å². The Hall–Kier alpha value is -3.54. The zero-order valence-corrected chi connectivity index (χ0v) is 20.1. The summed E-state index contributed by atoms with van der Waals surface area (Å²) in [5.41, 5.74) is 3.87. The van der Waals surface area contributed by atoms with Gasteiger partial charge in [-0.05, 0) is 31.8 Å². The average molecular weight is 478 g/mol. The molecule has 1 unspecified atom stereocenters. The molecule has 4 aromatic rings. The number of nitrogens with zero attached hydrogens (tertiary/aromatic N) is 8. The van der Waals surface area contributed by atoms with Crippen molar-refractivity contribution >= 4 is 28.4 Å². The fourth-order valence-corrected chi connectivity index (χ4v) is 4.24. The Morgan fingerprint density at radius 1 is 1.14 bits per heavy atom. The second-order valence-electron chi connectivity index (χ2n) is 9.04. The van der Waals surface area contributed by atoms with E-state index in [1.807, 2.05) is 29.9 Å². The number of hydrogen-bond acceptors (Lipinski definition) is 9. The van der Waals surface area contributed by atoms with Crippen LogP contribution in [0.2, 0.25) is 0 Å². The molecule has 11 heteroatoms. The maximum Gasteiger partial charge on any atom is 0.229 e. The molecule has 1 saturated heterocycles. The Balaban J connectivity index is 1.29. The molecule has 1 fully saturated rings. The maximum atomic E-state index is 10.1. The predicted molar refractivity (Wildman–Crippen MR) is 134 cm³/mol. The van der Waals surface area contributed by atoms with Crippen molar-refractivity contribution in [1.29, 1.82) is 0 Å². The summed E-state index contributed by atoms with van der Waals surface area (Å²) in [7, 11) is 3.86. The van der Waals surface area contributed by atoms with Crippen LogP contribution in [-0.2, 0) is 17.8 Å². The predicted octanol–water partition coefficient (Wildman–Crippen LogP) is 1.57. The number of morpholine rings is 1. The third kappa shape index (κ3) is 5.76. The highest BCUT2D eigenvalue weighted by Crippen LogP contribution is 2.20. The Labute approximate surface area is 204 Å². The Kier molecular flexibility index (Phi) is 6.89. The smallest absolute Gasteiger partial charge is 0.229 e. The molecule has 1 aliphatic rings. The summed E-state index contributed by atoms with van der Waals surface area (Å²) in [6, 6.07) is 8.54. The summed E-state index contributed by atoms with van der Waals surface area (Å²) in [6.07, 6.45) is 6.59. The van der Waals surface area contributed by atoms with Gasteiger partial charge in [0.2, 0.25) is 5.95 Å². The van der Waals surface area contributed by atoms with Crippen molar-refractivity contribution < 1.29 is 9.84 Å². The summed E-state index contributed by atoms with van der Waals surface area (Å²) in [4.78, 5) is 13.4. The van der Waals surface area contributed by atoms with Crippen LogP contribution >= 0.6 is 0 Å². The number of aromatic nitrogens is 6. The van der Waals surface area contributed by atoms with Crippen LogP contribution in [0.5, 0.6) is 0 Å². The zero-order valence-electron chi connectivity index (χ0n) is 20.1. The lowest BCUT2D eigenvalue weighted by molar-refractivity contribution is 0.116. The third-order valence-corrected chi connectivity index (χ3v) is 5.86. The van der Waals surface area contributed by atoms with Crippen LogP contribution in [0.3, 0.4) is 0 Å². The quantitative estimate of drug-likeness (QED) is 0.371. The molecule has 2 N–H and O–H groups in total. The van der Waals surface area contributed by atoms with Crippen LogP contribution in [0.4, 0.5) is 17.3 Å². The molecular formula is C24H31N9O2. The standard InChI is InChI=1S/C24H31N9O2/c1-30(2)16-22(34)17-32-15-20(13-26-32)28-24-25-11-19-12-27-33(23(19)29-24)14-18-4-3-5-21(10-18)31-6-8-35-9-7-31/h3-5,10-13,15,22,34H,6-9,14,16-17H2,1-2H3,(H,25,28,29). The van der Waals surface area contributed by atoms with Crippen LogP contribution in [-0.4, -0.2) is 92.6 Å². The van der Waals surface area contributed by atoms with Crippen molar-refractivity contribution in [2.24, 2.45) is 0 Å². The first-order valence-electron chi connectivity index (χ1n) is 11.8. The average Bonchev–Trinajstić information content (AvgIpc) is 3.46. The molecule has 1 atom stereocenters. The van der Waals surface area contributed by atoms with E-state index in [9.17, 15) is 5.11 Å². The molecule has 0 radical (unpaired) electrons.